The predicted molar refractivity (Wildman–Crippen MR) is 58.0 cm³/mol. The van der Waals surface area contributed by atoms with Gasteiger partial charge in [0, 0.05) is 6.54 Å². The highest BCUT2D eigenvalue weighted by atomic mass is 16.6. The van der Waals surface area contributed by atoms with Crippen LogP contribution in [0, 0.1) is 0 Å². The van der Waals surface area contributed by atoms with E-state index in [9.17, 15) is 9.59 Å². The number of hydrogen-bond acceptors (Lipinski definition) is 4. The third-order valence-electron chi connectivity index (χ3n) is 2.84. The normalized spacial score (nSPS) is 24.3. The number of amides is 1. The van der Waals surface area contributed by atoms with Crippen LogP contribution in [0.15, 0.2) is 0 Å². The molecule has 1 amide bonds. The minimum Gasteiger partial charge on any atom is -0.464 e. The molecule has 1 aliphatic heterocycles. The average Bonchev–Trinajstić information content (AvgIpc) is 2.62. The highest BCUT2D eigenvalue weighted by Crippen LogP contribution is 2.30. The Morgan fingerprint density at radius 3 is 2.44 bits per heavy atom. The lowest BCUT2D eigenvalue weighted by Crippen LogP contribution is -2.51. The maximum absolute atomic E-state index is 11.8. The van der Waals surface area contributed by atoms with Crippen LogP contribution in [0.4, 0.5) is 4.79 Å². The number of hydrogen-bond donors (Lipinski definition) is 0. The Morgan fingerprint density at radius 1 is 1.25 bits per heavy atom. The number of carbonyl (C=O) groups excluding carboxylic acids is 2. The van der Waals surface area contributed by atoms with Crippen molar-refractivity contribution < 1.29 is 19.1 Å². The molecule has 0 radical (unpaired) electrons. The summed E-state index contributed by atoms with van der Waals surface area (Å²) in [6, 6.07) is 0. The van der Waals surface area contributed by atoms with E-state index < -0.39 is 11.6 Å². The van der Waals surface area contributed by atoms with E-state index in [4.69, 9.17) is 9.47 Å². The van der Waals surface area contributed by atoms with E-state index in [1.165, 1.54) is 4.90 Å². The molecule has 0 aromatic carbocycles. The molecule has 0 N–H and O–H groups in total. The molecule has 1 saturated heterocycles. The second-order valence-electron chi connectivity index (χ2n) is 3.95. The molecule has 1 rings (SSSR count). The van der Waals surface area contributed by atoms with Gasteiger partial charge in [0.25, 0.3) is 0 Å². The maximum atomic E-state index is 11.8. The van der Waals surface area contributed by atoms with E-state index in [0.717, 1.165) is 6.42 Å². The van der Waals surface area contributed by atoms with Gasteiger partial charge < -0.3 is 9.47 Å². The molecule has 0 spiro atoms. The van der Waals surface area contributed by atoms with Crippen molar-refractivity contribution >= 4 is 12.1 Å². The third kappa shape index (κ3) is 2.28. The van der Waals surface area contributed by atoms with Gasteiger partial charge in [-0.1, -0.05) is 0 Å². The summed E-state index contributed by atoms with van der Waals surface area (Å²) in [4.78, 5) is 24.9. The van der Waals surface area contributed by atoms with Crippen LogP contribution in [-0.4, -0.2) is 42.3 Å². The van der Waals surface area contributed by atoms with E-state index in [0.29, 0.717) is 26.2 Å². The van der Waals surface area contributed by atoms with Crippen LogP contribution in [0.3, 0.4) is 0 Å². The Labute approximate surface area is 95.7 Å². The van der Waals surface area contributed by atoms with Crippen LogP contribution in [0.25, 0.3) is 0 Å². The summed E-state index contributed by atoms with van der Waals surface area (Å²) in [7, 11) is 0. The number of rotatable bonds is 3. The lowest BCUT2D eigenvalue weighted by atomic mass is 10.00. The molecule has 0 aromatic heterocycles. The first-order valence-corrected chi connectivity index (χ1v) is 5.68. The molecular weight excluding hydrogens is 210 g/mol. The molecule has 16 heavy (non-hydrogen) atoms. The second-order valence-corrected chi connectivity index (χ2v) is 3.95. The standard InChI is InChI=1S/C11H19NO4/c1-4-15-9(13)11(3)7-6-8-12(11)10(14)16-5-2/h4-8H2,1-3H3. The first kappa shape index (κ1) is 12.8. The van der Waals surface area contributed by atoms with Gasteiger partial charge in [-0.25, -0.2) is 9.59 Å². The molecule has 1 aliphatic rings. The van der Waals surface area contributed by atoms with Gasteiger partial charge in [0.15, 0.2) is 0 Å². The van der Waals surface area contributed by atoms with E-state index in [1.807, 2.05) is 0 Å². The van der Waals surface area contributed by atoms with Gasteiger partial charge in [-0.05, 0) is 33.6 Å². The molecule has 5 nitrogen and oxygen atoms in total. The van der Waals surface area contributed by atoms with Crippen LogP contribution < -0.4 is 0 Å². The van der Waals surface area contributed by atoms with Crippen LogP contribution in [-0.2, 0) is 14.3 Å². The molecule has 0 bridgehead atoms. The number of likely N-dealkylation sites (tertiary alicyclic amines) is 1. The molecule has 1 atom stereocenters. The number of esters is 1. The predicted octanol–water partition coefficient (Wildman–Crippen LogP) is 1.56. The minimum absolute atomic E-state index is 0.314. The minimum atomic E-state index is -0.859. The first-order chi connectivity index (χ1) is 7.56. The molecule has 1 heterocycles. The van der Waals surface area contributed by atoms with E-state index in [-0.39, 0.29) is 5.97 Å². The third-order valence-corrected chi connectivity index (χ3v) is 2.84. The summed E-state index contributed by atoms with van der Waals surface area (Å²) in [5.41, 5.74) is -0.859. The van der Waals surface area contributed by atoms with Crippen LogP contribution in [0.2, 0.25) is 0 Å². The maximum Gasteiger partial charge on any atom is 0.410 e. The first-order valence-electron chi connectivity index (χ1n) is 5.68. The van der Waals surface area contributed by atoms with Crippen molar-refractivity contribution in [1.29, 1.82) is 0 Å². The largest absolute Gasteiger partial charge is 0.464 e. The zero-order chi connectivity index (χ0) is 12.2. The van der Waals surface area contributed by atoms with Gasteiger partial charge in [-0.2, -0.15) is 0 Å². The lowest BCUT2D eigenvalue weighted by molar-refractivity contribution is -0.154. The van der Waals surface area contributed by atoms with Crippen molar-refractivity contribution in [2.75, 3.05) is 19.8 Å². The van der Waals surface area contributed by atoms with Crippen molar-refractivity contribution in [1.82, 2.24) is 4.90 Å². The van der Waals surface area contributed by atoms with Gasteiger partial charge in [0.05, 0.1) is 13.2 Å². The number of nitrogens with zero attached hydrogens (tertiary/aromatic N) is 1. The molecule has 0 saturated carbocycles. The number of carbonyl (C=O) groups is 2. The Hall–Kier alpha value is -1.26. The number of ether oxygens (including phenoxy) is 2. The molecule has 5 heteroatoms. The van der Waals surface area contributed by atoms with E-state index in [2.05, 4.69) is 0 Å². The summed E-state index contributed by atoms with van der Waals surface area (Å²) < 4.78 is 9.93. The Bertz CT molecular complexity index is 279. The molecule has 92 valence electrons. The zero-order valence-electron chi connectivity index (χ0n) is 10.1. The highest BCUT2D eigenvalue weighted by Gasteiger charge is 2.47. The fourth-order valence-electron chi connectivity index (χ4n) is 1.96. The molecule has 1 unspecified atom stereocenters. The average molecular weight is 229 g/mol. The van der Waals surface area contributed by atoms with Gasteiger partial charge in [-0.3, -0.25) is 4.90 Å². The van der Waals surface area contributed by atoms with Crippen molar-refractivity contribution in [3.63, 3.8) is 0 Å². The fraction of sp³-hybridized carbons (Fsp3) is 0.818. The summed E-state index contributed by atoms with van der Waals surface area (Å²) in [5.74, 6) is -0.347. The monoisotopic (exact) mass is 229 g/mol. The summed E-state index contributed by atoms with van der Waals surface area (Å²) >= 11 is 0. The van der Waals surface area contributed by atoms with Crippen LogP contribution in [0.5, 0.6) is 0 Å². The Balaban J connectivity index is 2.77. The van der Waals surface area contributed by atoms with Crippen molar-refractivity contribution in [3.05, 3.63) is 0 Å². The molecule has 0 aliphatic carbocycles. The second kappa shape index (κ2) is 5.18. The van der Waals surface area contributed by atoms with Crippen LogP contribution >= 0.6 is 0 Å². The van der Waals surface area contributed by atoms with Crippen LogP contribution in [0.1, 0.15) is 33.6 Å². The van der Waals surface area contributed by atoms with Gasteiger partial charge >= 0.3 is 12.1 Å². The Morgan fingerprint density at radius 2 is 1.88 bits per heavy atom. The fourth-order valence-corrected chi connectivity index (χ4v) is 1.96. The topological polar surface area (TPSA) is 55.8 Å². The summed E-state index contributed by atoms with van der Waals surface area (Å²) in [5, 5.41) is 0. The van der Waals surface area contributed by atoms with Gasteiger partial charge in [0.2, 0.25) is 0 Å². The van der Waals surface area contributed by atoms with Gasteiger partial charge in [0.1, 0.15) is 5.54 Å². The Kier molecular flexibility index (Phi) is 4.15. The van der Waals surface area contributed by atoms with Crippen molar-refractivity contribution in [3.8, 4) is 0 Å². The molecule has 0 aromatic rings. The zero-order valence-corrected chi connectivity index (χ0v) is 10.1. The highest BCUT2D eigenvalue weighted by molar-refractivity contribution is 5.86. The van der Waals surface area contributed by atoms with E-state index >= 15 is 0 Å². The SMILES string of the molecule is CCOC(=O)N1CCCC1(C)C(=O)OCC. The molecule has 1 fully saturated rings. The quantitative estimate of drug-likeness (QED) is 0.689. The van der Waals surface area contributed by atoms with Crippen molar-refractivity contribution in [2.24, 2.45) is 0 Å². The van der Waals surface area contributed by atoms with Gasteiger partial charge in [-0.15, -0.1) is 0 Å². The van der Waals surface area contributed by atoms with Crippen molar-refractivity contribution in [2.45, 2.75) is 39.2 Å². The molecular formula is C11H19NO4. The lowest BCUT2D eigenvalue weighted by Gasteiger charge is -2.31. The summed E-state index contributed by atoms with van der Waals surface area (Å²) in [6.45, 7) is 6.42. The van der Waals surface area contributed by atoms with E-state index in [1.54, 1.807) is 20.8 Å². The summed E-state index contributed by atoms with van der Waals surface area (Å²) in [6.07, 6.45) is 0.995. The smallest absolute Gasteiger partial charge is 0.410 e.